The first-order valence-corrected chi connectivity index (χ1v) is 8.61. The van der Waals surface area contributed by atoms with E-state index in [4.69, 9.17) is 0 Å². The average molecular weight is 328 g/mol. The highest BCUT2D eigenvalue weighted by Crippen LogP contribution is 2.36. The van der Waals surface area contributed by atoms with E-state index < -0.39 is 11.6 Å². The summed E-state index contributed by atoms with van der Waals surface area (Å²) in [5.41, 5.74) is 1.63. The summed E-state index contributed by atoms with van der Waals surface area (Å²) in [6.45, 7) is 2.16. The van der Waals surface area contributed by atoms with Gasteiger partial charge in [0.25, 0.3) is 0 Å². The Balaban J connectivity index is 1.67. The highest BCUT2D eigenvalue weighted by Gasteiger charge is 2.21. The number of hydrogen-bond donors (Lipinski definition) is 0. The summed E-state index contributed by atoms with van der Waals surface area (Å²) in [7, 11) is 0. The third-order valence-electron chi connectivity index (χ3n) is 4.74. The summed E-state index contributed by atoms with van der Waals surface area (Å²) in [6.07, 6.45) is 14.0. The molecule has 0 amide bonds. The fourth-order valence-electron chi connectivity index (χ4n) is 3.31. The Morgan fingerprint density at radius 1 is 1.04 bits per heavy atom. The molecule has 0 radical (unpaired) electrons. The second-order valence-corrected chi connectivity index (χ2v) is 6.42. The van der Waals surface area contributed by atoms with Crippen LogP contribution < -0.4 is 0 Å². The molecule has 1 aromatic heterocycles. The zero-order valence-corrected chi connectivity index (χ0v) is 13.9. The Bertz CT molecular complexity index is 702. The molecule has 24 heavy (non-hydrogen) atoms. The highest BCUT2D eigenvalue weighted by atomic mass is 19.2. The van der Waals surface area contributed by atoms with E-state index in [1.54, 1.807) is 0 Å². The van der Waals surface area contributed by atoms with Gasteiger partial charge in [-0.3, -0.25) is 0 Å². The van der Waals surface area contributed by atoms with Crippen LogP contribution in [0.3, 0.4) is 0 Å². The van der Waals surface area contributed by atoms with Gasteiger partial charge in [0.15, 0.2) is 17.5 Å². The van der Waals surface area contributed by atoms with Crippen LogP contribution in [0.15, 0.2) is 42.7 Å². The number of nitrogens with zero attached hydrogens (tertiary/aromatic N) is 2. The molecule has 1 aliphatic carbocycles. The van der Waals surface area contributed by atoms with Gasteiger partial charge in [-0.05, 0) is 67.7 Å². The van der Waals surface area contributed by atoms with Crippen LogP contribution in [0.25, 0.3) is 11.4 Å². The van der Waals surface area contributed by atoms with Crippen molar-refractivity contribution in [2.75, 3.05) is 0 Å². The van der Waals surface area contributed by atoms with Crippen LogP contribution in [0.5, 0.6) is 0 Å². The molecule has 1 saturated carbocycles. The van der Waals surface area contributed by atoms with Crippen LogP contribution in [0.2, 0.25) is 0 Å². The predicted octanol–water partition coefficient (Wildman–Crippen LogP) is 5.66. The summed E-state index contributed by atoms with van der Waals surface area (Å²) in [6, 6.07) is 3.74. The van der Waals surface area contributed by atoms with E-state index in [2.05, 4.69) is 29.0 Å². The monoisotopic (exact) mass is 328 g/mol. The second kappa shape index (κ2) is 7.65. The number of aromatic nitrogens is 2. The quantitative estimate of drug-likeness (QED) is 0.677. The first kappa shape index (κ1) is 16.7. The molecular formula is C20H22F2N2. The normalized spacial score (nSPS) is 21.3. The van der Waals surface area contributed by atoms with Crippen molar-refractivity contribution in [2.24, 2.45) is 5.92 Å². The SMILES string of the molecule is CCC=CC1CCC(c2cnc(-c3ccc(F)c(F)c3)nc2)CC1. The minimum atomic E-state index is -0.876. The van der Waals surface area contributed by atoms with Gasteiger partial charge < -0.3 is 0 Å². The molecule has 4 heteroatoms. The van der Waals surface area contributed by atoms with Crippen LogP contribution in [0.1, 0.15) is 50.5 Å². The molecule has 2 aromatic rings. The fourth-order valence-corrected chi connectivity index (χ4v) is 3.31. The summed E-state index contributed by atoms with van der Waals surface area (Å²) in [5.74, 6) is -0.112. The van der Waals surface area contributed by atoms with Crippen molar-refractivity contribution in [3.05, 3.63) is 59.9 Å². The standard InChI is InChI=1S/C20H22F2N2/c1-2-3-4-14-5-7-15(8-6-14)17-12-23-20(24-13-17)16-9-10-18(21)19(22)11-16/h3-4,9-15H,2,5-8H2,1H3. The van der Waals surface area contributed by atoms with Crippen LogP contribution >= 0.6 is 0 Å². The van der Waals surface area contributed by atoms with Gasteiger partial charge in [-0.2, -0.15) is 0 Å². The lowest BCUT2D eigenvalue weighted by Crippen LogP contribution is -2.12. The first-order chi connectivity index (χ1) is 11.7. The lowest BCUT2D eigenvalue weighted by Gasteiger charge is -2.26. The van der Waals surface area contributed by atoms with E-state index in [-0.39, 0.29) is 0 Å². The van der Waals surface area contributed by atoms with Crippen molar-refractivity contribution in [2.45, 2.75) is 44.9 Å². The molecule has 0 spiro atoms. The molecule has 0 saturated heterocycles. The van der Waals surface area contributed by atoms with E-state index in [0.29, 0.717) is 23.2 Å². The maximum Gasteiger partial charge on any atom is 0.159 e. The Kier molecular flexibility index (Phi) is 5.34. The van der Waals surface area contributed by atoms with E-state index >= 15 is 0 Å². The van der Waals surface area contributed by atoms with Crippen molar-refractivity contribution in [1.29, 1.82) is 0 Å². The van der Waals surface area contributed by atoms with Crippen molar-refractivity contribution < 1.29 is 8.78 Å². The minimum absolute atomic E-state index is 0.428. The van der Waals surface area contributed by atoms with Crippen LogP contribution in [0, 0.1) is 17.6 Å². The lowest BCUT2D eigenvalue weighted by molar-refractivity contribution is 0.374. The lowest BCUT2D eigenvalue weighted by atomic mass is 9.79. The van der Waals surface area contributed by atoms with Gasteiger partial charge in [-0.1, -0.05) is 19.1 Å². The molecule has 126 valence electrons. The van der Waals surface area contributed by atoms with Crippen molar-refractivity contribution >= 4 is 0 Å². The molecule has 0 atom stereocenters. The smallest absolute Gasteiger partial charge is 0.159 e. The minimum Gasteiger partial charge on any atom is -0.236 e. The molecule has 0 unspecified atom stereocenters. The molecule has 2 nitrogen and oxygen atoms in total. The molecule has 0 N–H and O–H groups in total. The molecular weight excluding hydrogens is 306 g/mol. The maximum atomic E-state index is 13.3. The predicted molar refractivity (Wildman–Crippen MR) is 91.5 cm³/mol. The van der Waals surface area contributed by atoms with Crippen LogP contribution in [-0.4, -0.2) is 9.97 Å². The molecule has 1 fully saturated rings. The number of halogens is 2. The summed E-state index contributed by atoms with van der Waals surface area (Å²) in [4.78, 5) is 8.70. The van der Waals surface area contributed by atoms with Crippen molar-refractivity contribution in [1.82, 2.24) is 9.97 Å². The first-order valence-electron chi connectivity index (χ1n) is 8.61. The average Bonchev–Trinajstić information content (AvgIpc) is 2.63. The van der Waals surface area contributed by atoms with Gasteiger partial charge >= 0.3 is 0 Å². The van der Waals surface area contributed by atoms with Gasteiger partial charge in [0, 0.05) is 18.0 Å². The molecule has 0 aliphatic heterocycles. The Labute approximate surface area is 141 Å². The van der Waals surface area contributed by atoms with E-state index in [1.165, 1.54) is 18.9 Å². The number of hydrogen-bond acceptors (Lipinski definition) is 2. The van der Waals surface area contributed by atoms with Gasteiger partial charge in [0.1, 0.15) is 0 Å². The molecule has 0 bridgehead atoms. The Morgan fingerprint density at radius 2 is 1.75 bits per heavy atom. The topological polar surface area (TPSA) is 25.8 Å². The maximum absolute atomic E-state index is 13.3. The third kappa shape index (κ3) is 3.86. The van der Waals surface area contributed by atoms with E-state index in [1.807, 2.05) is 12.4 Å². The highest BCUT2D eigenvalue weighted by molar-refractivity contribution is 5.54. The Morgan fingerprint density at radius 3 is 2.38 bits per heavy atom. The number of rotatable bonds is 4. The van der Waals surface area contributed by atoms with E-state index in [0.717, 1.165) is 37.0 Å². The van der Waals surface area contributed by atoms with Gasteiger partial charge in [0.05, 0.1) is 0 Å². The van der Waals surface area contributed by atoms with Crippen molar-refractivity contribution in [3.8, 4) is 11.4 Å². The zero-order chi connectivity index (χ0) is 16.9. The summed E-state index contributed by atoms with van der Waals surface area (Å²) in [5, 5.41) is 0. The summed E-state index contributed by atoms with van der Waals surface area (Å²) >= 11 is 0. The second-order valence-electron chi connectivity index (χ2n) is 6.42. The zero-order valence-electron chi connectivity index (χ0n) is 13.9. The third-order valence-corrected chi connectivity index (χ3v) is 4.74. The number of benzene rings is 1. The van der Waals surface area contributed by atoms with Gasteiger partial charge in [-0.25, -0.2) is 18.7 Å². The van der Waals surface area contributed by atoms with Crippen molar-refractivity contribution in [3.63, 3.8) is 0 Å². The van der Waals surface area contributed by atoms with E-state index in [9.17, 15) is 8.78 Å². The fraction of sp³-hybridized carbons (Fsp3) is 0.400. The Hall–Kier alpha value is -2.10. The molecule has 1 aliphatic rings. The summed E-state index contributed by atoms with van der Waals surface area (Å²) < 4.78 is 26.3. The molecule has 1 heterocycles. The molecule has 1 aromatic carbocycles. The van der Waals surface area contributed by atoms with Crippen LogP contribution in [0.4, 0.5) is 8.78 Å². The number of allylic oxidation sites excluding steroid dienone is 2. The van der Waals surface area contributed by atoms with Gasteiger partial charge in [-0.15, -0.1) is 0 Å². The largest absolute Gasteiger partial charge is 0.236 e. The molecule has 3 rings (SSSR count). The van der Waals surface area contributed by atoms with Crippen LogP contribution in [-0.2, 0) is 0 Å². The van der Waals surface area contributed by atoms with Gasteiger partial charge in [0.2, 0.25) is 0 Å².